The number of hydrogen-bond donors (Lipinski definition) is 0. The molecule has 0 aromatic heterocycles. The lowest BCUT2D eigenvalue weighted by Crippen LogP contribution is -2.40. The third kappa shape index (κ3) is 4.25. The Balaban J connectivity index is 1.93. The van der Waals surface area contributed by atoms with Gasteiger partial charge in [-0.2, -0.15) is 0 Å². The molecule has 1 aliphatic carbocycles. The number of benzene rings is 1. The molecule has 1 aliphatic rings. The molecule has 0 N–H and O–H groups in total. The first-order valence-corrected chi connectivity index (χ1v) is 8.60. The van der Waals surface area contributed by atoms with Crippen LogP contribution in [0.15, 0.2) is 24.3 Å². The Bertz CT molecular complexity index is 480. The molecule has 1 aromatic rings. The minimum absolute atomic E-state index is 0.0888. The van der Waals surface area contributed by atoms with Crippen LogP contribution < -0.4 is 4.74 Å². The zero-order valence-electron chi connectivity index (χ0n) is 14.2. The molecule has 1 atom stereocenters. The highest BCUT2D eigenvalue weighted by Gasteiger charge is 2.22. The summed E-state index contributed by atoms with van der Waals surface area (Å²) in [5, 5.41) is 0. The maximum absolute atomic E-state index is 12.4. The summed E-state index contributed by atoms with van der Waals surface area (Å²) in [7, 11) is 1.92. The molecule has 2 rings (SSSR count). The smallest absolute Gasteiger partial charge is 0.260 e. The van der Waals surface area contributed by atoms with Crippen LogP contribution in [0.2, 0.25) is 0 Å². The van der Waals surface area contributed by atoms with E-state index >= 15 is 0 Å². The molecule has 0 heterocycles. The summed E-state index contributed by atoms with van der Waals surface area (Å²) < 4.78 is 5.84. The maximum Gasteiger partial charge on any atom is 0.260 e. The van der Waals surface area contributed by atoms with Crippen LogP contribution in [0, 0.1) is 0 Å². The Hall–Kier alpha value is -1.51. The van der Waals surface area contributed by atoms with Crippen molar-refractivity contribution in [3.8, 4) is 5.75 Å². The molecule has 1 aromatic carbocycles. The Morgan fingerprint density at radius 1 is 1.27 bits per heavy atom. The average Bonchev–Trinajstić information content (AvgIpc) is 2.59. The lowest BCUT2D eigenvalue weighted by Gasteiger charge is -2.31. The molecule has 1 fully saturated rings. The third-order valence-electron chi connectivity index (χ3n) is 4.93. The number of rotatable bonds is 6. The number of likely N-dealkylation sites (N-methyl/N-ethyl adjacent to an activating group) is 1. The van der Waals surface area contributed by atoms with Gasteiger partial charge in [-0.15, -0.1) is 0 Å². The molecule has 1 unspecified atom stereocenters. The number of carbonyl (C=O) groups excluding carboxylic acids is 1. The molecule has 1 saturated carbocycles. The summed E-state index contributed by atoms with van der Waals surface area (Å²) in [5.74, 6) is 1.38. The van der Waals surface area contributed by atoms with E-state index in [4.69, 9.17) is 4.74 Å². The molecule has 3 nitrogen and oxygen atoms in total. The first-order valence-electron chi connectivity index (χ1n) is 8.60. The fourth-order valence-corrected chi connectivity index (χ4v) is 3.15. The van der Waals surface area contributed by atoms with Crippen LogP contribution in [0.25, 0.3) is 0 Å². The van der Waals surface area contributed by atoms with Crippen molar-refractivity contribution in [2.24, 2.45) is 0 Å². The van der Waals surface area contributed by atoms with Gasteiger partial charge < -0.3 is 9.64 Å². The van der Waals surface area contributed by atoms with E-state index in [1.165, 1.54) is 24.8 Å². The van der Waals surface area contributed by atoms with Crippen LogP contribution in [-0.2, 0) is 4.79 Å². The zero-order valence-corrected chi connectivity index (χ0v) is 14.2. The summed E-state index contributed by atoms with van der Waals surface area (Å²) in [6.45, 7) is 4.50. The van der Waals surface area contributed by atoms with Crippen LogP contribution in [0.3, 0.4) is 0 Å². The normalized spacial score (nSPS) is 17.0. The fourth-order valence-electron chi connectivity index (χ4n) is 3.15. The van der Waals surface area contributed by atoms with E-state index in [9.17, 15) is 4.79 Å². The molecule has 0 bridgehead atoms. The first-order chi connectivity index (χ1) is 10.6. The summed E-state index contributed by atoms with van der Waals surface area (Å²) >= 11 is 0. The van der Waals surface area contributed by atoms with E-state index in [0.29, 0.717) is 12.0 Å². The highest BCUT2D eigenvalue weighted by molar-refractivity contribution is 5.77. The van der Waals surface area contributed by atoms with Crippen molar-refractivity contribution < 1.29 is 9.53 Å². The van der Waals surface area contributed by atoms with E-state index < -0.39 is 0 Å². The number of nitrogens with zero attached hydrogens (tertiary/aromatic N) is 1. The van der Waals surface area contributed by atoms with Crippen molar-refractivity contribution in [2.75, 3.05) is 13.7 Å². The Labute approximate surface area is 134 Å². The van der Waals surface area contributed by atoms with Crippen molar-refractivity contribution in [1.82, 2.24) is 4.90 Å². The van der Waals surface area contributed by atoms with E-state index in [1.54, 1.807) is 0 Å². The molecular formula is C19H29NO2. The van der Waals surface area contributed by atoms with Gasteiger partial charge in [-0.05, 0) is 36.8 Å². The van der Waals surface area contributed by atoms with Gasteiger partial charge in [0.15, 0.2) is 6.61 Å². The summed E-state index contributed by atoms with van der Waals surface area (Å²) in [6, 6.07) is 8.46. The monoisotopic (exact) mass is 303 g/mol. The number of carbonyl (C=O) groups is 1. The number of amides is 1. The van der Waals surface area contributed by atoms with Gasteiger partial charge in [0, 0.05) is 13.1 Å². The number of para-hydroxylation sites is 1. The molecule has 0 radical (unpaired) electrons. The molecular weight excluding hydrogens is 274 g/mol. The van der Waals surface area contributed by atoms with Gasteiger partial charge in [-0.3, -0.25) is 4.79 Å². The summed E-state index contributed by atoms with van der Waals surface area (Å²) in [4.78, 5) is 14.3. The molecule has 0 spiro atoms. The van der Waals surface area contributed by atoms with Gasteiger partial charge in [0.1, 0.15) is 5.75 Å². The van der Waals surface area contributed by atoms with Gasteiger partial charge >= 0.3 is 0 Å². The van der Waals surface area contributed by atoms with Crippen molar-refractivity contribution in [2.45, 2.75) is 64.3 Å². The summed E-state index contributed by atoms with van der Waals surface area (Å²) in [5.41, 5.74) is 1.19. The lowest BCUT2D eigenvalue weighted by molar-refractivity contribution is -0.134. The third-order valence-corrected chi connectivity index (χ3v) is 4.93. The zero-order chi connectivity index (χ0) is 15.9. The molecule has 0 aliphatic heterocycles. The summed E-state index contributed by atoms with van der Waals surface area (Å²) in [6.07, 6.45) is 7.10. The van der Waals surface area contributed by atoms with Crippen LogP contribution in [0.5, 0.6) is 5.75 Å². The standard InChI is InChI=1S/C19H29NO2/c1-4-15(2)17-12-8-9-13-18(17)22-14-19(21)20(3)16-10-6-5-7-11-16/h8-9,12-13,15-16H,4-7,10-11,14H2,1-3H3. The van der Waals surface area contributed by atoms with Crippen molar-refractivity contribution in [3.63, 3.8) is 0 Å². The van der Waals surface area contributed by atoms with Gasteiger partial charge in [-0.1, -0.05) is 51.3 Å². The van der Waals surface area contributed by atoms with Gasteiger partial charge in [0.2, 0.25) is 0 Å². The predicted octanol–water partition coefficient (Wildman–Crippen LogP) is 4.37. The van der Waals surface area contributed by atoms with E-state index in [1.807, 2.05) is 30.1 Å². The maximum atomic E-state index is 12.4. The molecule has 122 valence electrons. The highest BCUT2D eigenvalue weighted by atomic mass is 16.5. The van der Waals surface area contributed by atoms with Crippen molar-refractivity contribution >= 4 is 5.91 Å². The fraction of sp³-hybridized carbons (Fsp3) is 0.632. The Morgan fingerprint density at radius 3 is 2.64 bits per heavy atom. The largest absolute Gasteiger partial charge is 0.483 e. The van der Waals surface area contributed by atoms with Crippen LogP contribution >= 0.6 is 0 Å². The van der Waals surface area contributed by atoms with Crippen LogP contribution in [-0.4, -0.2) is 30.5 Å². The van der Waals surface area contributed by atoms with Crippen LogP contribution in [0.4, 0.5) is 0 Å². The van der Waals surface area contributed by atoms with Gasteiger partial charge in [0.25, 0.3) is 5.91 Å². The second kappa shape index (κ2) is 8.21. The number of ether oxygens (including phenoxy) is 1. The van der Waals surface area contributed by atoms with Crippen molar-refractivity contribution in [3.05, 3.63) is 29.8 Å². The quantitative estimate of drug-likeness (QED) is 0.781. The van der Waals surface area contributed by atoms with E-state index in [0.717, 1.165) is 25.0 Å². The van der Waals surface area contributed by atoms with Crippen molar-refractivity contribution in [1.29, 1.82) is 0 Å². The molecule has 22 heavy (non-hydrogen) atoms. The second-order valence-corrected chi connectivity index (χ2v) is 6.43. The number of hydrogen-bond acceptors (Lipinski definition) is 2. The topological polar surface area (TPSA) is 29.5 Å². The second-order valence-electron chi connectivity index (χ2n) is 6.43. The molecule has 0 saturated heterocycles. The Morgan fingerprint density at radius 2 is 1.95 bits per heavy atom. The molecule has 1 amide bonds. The predicted molar refractivity (Wildman–Crippen MR) is 90.3 cm³/mol. The van der Waals surface area contributed by atoms with Gasteiger partial charge in [0.05, 0.1) is 0 Å². The van der Waals surface area contributed by atoms with E-state index in [2.05, 4.69) is 19.9 Å². The minimum atomic E-state index is 0.0888. The highest BCUT2D eigenvalue weighted by Crippen LogP contribution is 2.28. The van der Waals surface area contributed by atoms with Gasteiger partial charge in [-0.25, -0.2) is 0 Å². The first kappa shape index (κ1) is 16.9. The average molecular weight is 303 g/mol. The SMILES string of the molecule is CCC(C)c1ccccc1OCC(=O)N(C)C1CCCCC1. The van der Waals surface area contributed by atoms with Crippen LogP contribution in [0.1, 0.15) is 63.9 Å². The van der Waals surface area contributed by atoms with E-state index in [-0.39, 0.29) is 12.5 Å². The molecule has 3 heteroatoms. The Kier molecular flexibility index (Phi) is 6.29. The lowest BCUT2D eigenvalue weighted by atomic mass is 9.94. The minimum Gasteiger partial charge on any atom is -0.483 e.